The molecule has 2 nitrogen and oxygen atoms in total. The highest BCUT2D eigenvalue weighted by Crippen LogP contribution is 2.16. The van der Waals surface area contributed by atoms with Crippen LogP contribution in [0.25, 0.3) is 0 Å². The van der Waals surface area contributed by atoms with E-state index in [4.69, 9.17) is 11.6 Å². The molecule has 0 N–H and O–H groups in total. The number of halogens is 4. The van der Waals surface area contributed by atoms with Crippen molar-refractivity contribution in [3.8, 4) is 0 Å². The largest absolute Gasteiger partial charge is 0.406 e. The van der Waals surface area contributed by atoms with Crippen LogP contribution in [0.15, 0.2) is 0 Å². The van der Waals surface area contributed by atoms with Crippen LogP contribution in [0, 0.1) is 0 Å². The van der Waals surface area contributed by atoms with E-state index in [-0.39, 0.29) is 6.42 Å². The zero-order chi connectivity index (χ0) is 11.2. The monoisotopic (exact) mass is 231 g/mol. The van der Waals surface area contributed by atoms with E-state index < -0.39 is 18.6 Å². The third-order valence-electron chi connectivity index (χ3n) is 1.62. The molecule has 0 aliphatic heterocycles. The molecule has 14 heavy (non-hydrogen) atoms. The molecule has 0 radical (unpaired) electrons. The summed E-state index contributed by atoms with van der Waals surface area (Å²) in [4.78, 5) is 11.8. The smallest absolute Gasteiger partial charge is 0.337 e. The molecular formula is C8H13ClF3NO. The SMILES string of the molecule is CN(CC(F)(F)F)C(=O)CCCCCl. The molecular weight excluding hydrogens is 219 g/mol. The van der Waals surface area contributed by atoms with Crippen molar-refractivity contribution in [3.05, 3.63) is 0 Å². The van der Waals surface area contributed by atoms with Crippen molar-refractivity contribution in [2.24, 2.45) is 0 Å². The third kappa shape index (κ3) is 7.00. The van der Waals surface area contributed by atoms with Gasteiger partial charge in [0, 0.05) is 19.3 Å². The Balaban J connectivity index is 3.77. The molecule has 0 bridgehead atoms. The Labute approximate surface area is 86.0 Å². The Hall–Kier alpha value is -0.450. The number of amides is 1. The Kier molecular flexibility index (Phi) is 5.92. The van der Waals surface area contributed by atoms with Crippen molar-refractivity contribution in [1.29, 1.82) is 0 Å². The lowest BCUT2D eigenvalue weighted by Crippen LogP contribution is -2.35. The molecule has 0 aliphatic rings. The molecule has 0 aromatic heterocycles. The maximum atomic E-state index is 11.8. The molecule has 6 heteroatoms. The molecule has 0 atom stereocenters. The lowest BCUT2D eigenvalue weighted by molar-refractivity contribution is -0.158. The van der Waals surface area contributed by atoms with E-state index in [1.807, 2.05) is 0 Å². The highest BCUT2D eigenvalue weighted by atomic mass is 35.5. The lowest BCUT2D eigenvalue weighted by Gasteiger charge is -2.18. The van der Waals surface area contributed by atoms with Crippen molar-refractivity contribution in [3.63, 3.8) is 0 Å². The second kappa shape index (κ2) is 6.11. The van der Waals surface area contributed by atoms with Crippen LogP contribution < -0.4 is 0 Å². The minimum absolute atomic E-state index is 0.124. The standard InChI is InChI=1S/C8H13ClF3NO/c1-13(6-8(10,11)12)7(14)4-2-3-5-9/h2-6H2,1H3. The van der Waals surface area contributed by atoms with Gasteiger partial charge in [-0.2, -0.15) is 13.2 Å². The summed E-state index contributed by atoms with van der Waals surface area (Å²) in [6.07, 6.45) is -3.02. The number of carbonyl (C=O) groups is 1. The molecule has 84 valence electrons. The Morgan fingerprint density at radius 3 is 2.36 bits per heavy atom. The molecule has 0 spiro atoms. The number of hydrogen-bond donors (Lipinski definition) is 0. The second-order valence-corrected chi connectivity index (χ2v) is 3.39. The van der Waals surface area contributed by atoms with Gasteiger partial charge in [-0.05, 0) is 12.8 Å². The average Bonchev–Trinajstić information content (AvgIpc) is 2.01. The summed E-state index contributed by atoms with van der Waals surface area (Å²) in [7, 11) is 1.15. The van der Waals surface area contributed by atoms with E-state index in [2.05, 4.69) is 0 Å². The zero-order valence-corrected chi connectivity index (χ0v) is 8.66. The van der Waals surface area contributed by atoms with Crippen LogP contribution in [0.4, 0.5) is 13.2 Å². The van der Waals surface area contributed by atoms with Crippen LogP contribution in [0.2, 0.25) is 0 Å². The predicted molar refractivity (Wildman–Crippen MR) is 48.3 cm³/mol. The van der Waals surface area contributed by atoms with Crippen LogP contribution in [0.3, 0.4) is 0 Å². The molecule has 0 heterocycles. The first-order chi connectivity index (χ1) is 6.37. The van der Waals surface area contributed by atoms with Crippen LogP contribution in [0.1, 0.15) is 19.3 Å². The quantitative estimate of drug-likeness (QED) is 0.526. The summed E-state index contributed by atoms with van der Waals surface area (Å²) in [5, 5.41) is 0. The van der Waals surface area contributed by atoms with Crippen LogP contribution in [0.5, 0.6) is 0 Å². The van der Waals surface area contributed by atoms with Crippen LogP contribution in [-0.2, 0) is 4.79 Å². The lowest BCUT2D eigenvalue weighted by atomic mass is 10.2. The molecule has 0 aromatic rings. The number of carbonyl (C=O) groups excluding carboxylic acids is 1. The Bertz CT molecular complexity index is 184. The van der Waals surface area contributed by atoms with Crippen molar-refractivity contribution < 1.29 is 18.0 Å². The second-order valence-electron chi connectivity index (χ2n) is 3.01. The fourth-order valence-corrected chi connectivity index (χ4v) is 1.11. The highest BCUT2D eigenvalue weighted by molar-refractivity contribution is 6.17. The molecule has 0 fully saturated rings. The van der Waals surface area contributed by atoms with Gasteiger partial charge < -0.3 is 4.90 Å². The van der Waals surface area contributed by atoms with Gasteiger partial charge in [0.25, 0.3) is 0 Å². The molecule has 1 amide bonds. The summed E-state index contributed by atoms with van der Waals surface area (Å²) < 4.78 is 35.5. The first-order valence-electron chi connectivity index (χ1n) is 4.23. The van der Waals surface area contributed by atoms with Gasteiger partial charge in [0.2, 0.25) is 5.91 Å². The number of nitrogens with zero attached hydrogens (tertiary/aromatic N) is 1. The minimum Gasteiger partial charge on any atom is -0.337 e. The molecule has 0 aliphatic carbocycles. The van der Waals surface area contributed by atoms with Crippen molar-refractivity contribution in [2.45, 2.75) is 25.4 Å². The Morgan fingerprint density at radius 2 is 1.93 bits per heavy atom. The average molecular weight is 232 g/mol. The molecule has 0 saturated heterocycles. The Morgan fingerprint density at radius 1 is 1.36 bits per heavy atom. The zero-order valence-electron chi connectivity index (χ0n) is 7.90. The maximum absolute atomic E-state index is 11.8. The van der Waals surface area contributed by atoms with E-state index in [9.17, 15) is 18.0 Å². The molecule has 0 saturated carbocycles. The van der Waals surface area contributed by atoms with Gasteiger partial charge in [-0.15, -0.1) is 11.6 Å². The topological polar surface area (TPSA) is 20.3 Å². The van der Waals surface area contributed by atoms with Crippen LogP contribution in [-0.4, -0.2) is 36.5 Å². The highest BCUT2D eigenvalue weighted by Gasteiger charge is 2.30. The summed E-state index contributed by atoms with van der Waals surface area (Å²) >= 11 is 5.37. The van der Waals surface area contributed by atoms with E-state index in [1.54, 1.807) is 0 Å². The summed E-state index contributed by atoms with van der Waals surface area (Å²) in [6.45, 7) is -1.19. The van der Waals surface area contributed by atoms with Gasteiger partial charge in [0.05, 0.1) is 0 Å². The van der Waals surface area contributed by atoms with Crippen molar-refractivity contribution in [2.75, 3.05) is 19.5 Å². The summed E-state index contributed by atoms with van der Waals surface area (Å²) in [5.74, 6) is -0.0663. The fourth-order valence-electron chi connectivity index (χ4n) is 0.919. The summed E-state index contributed by atoms with van der Waals surface area (Å²) in [6, 6.07) is 0. The maximum Gasteiger partial charge on any atom is 0.406 e. The van der Waals surface area contributed by atoms with Crippen LogP contribution >= 0.6 is 11.6 Å². The van der Waals surface area contributed by atoms with Gasteiger partial charge in [0.15, 0.2) is 0 Å². The van der Waals surface area contributed by atoms with Crippen molar-refractivity contribution in [1.82, 2.24) is 4.90 Å². The van der Waals surface area contributed by atoms with Gasteiger partial charge in [0.1, 0.15) is 6.54 Å². The number of unbranched alkanes of at least 4 members (excludes halogenated alkanes) is 1. The fraction of sp³-hybridized carbons (Fsp3) is 0.875. The van der Waals surface area contributed by atoms with Gasteiger partial charge in [-0.1, -0.05) is 0 Å². The van der Waals surface area contributed by atoms with E-state index in [1.165, 1.54) is 0 Å². The van der Waals surface area contributed by atoms with Crippen molar-refractivity contribution >= 4 is 17.5 Å². The first kappa shape index (κ1) is 13.5. The third-order valence-corrected chi connectivity index (χ3v) is 1.88. The number of rotatable bonds is 5. The molecule has 0 aromatic carbocycles. The minimum atomic E-state index is -4.32. The normalized spacial score (nSPS) is 11.5. The van der Waals surface area contributed by atoms with Gasteiger partial charge in [-0.3, -0.25) is 4.79 Å². The molecule has 0 unspecified atom stereocenters. The molecule has 0 rings (SSSR count). The number of hydrogen-bond acceptors (Lipinski definition) is 1. The van der Waals surface area contributed by atoms with E-state index >= 15 is 0 Å². The van der Waals surface area contributed by atoms with Gasteiger partial charge >= 0.3 is 6.18 Å². The first-order valence-corrected chi connectivity index (χ1v) is 4.77. The van der Waals surface area contributed by atoms with Gasteiger partial charge in [-0.25, -0.2) is 0 Å². The van der Waals surface area contributed by atoms with E-state index in [0.717, 1.165) is 7.05 Å². The van der Waals surface area contributed by atoms with E-state index in [0.29, 0.717) is 23.6 Å². The predicted octanol–water partition coefficient (Wildman–Crippen LogP) is 2.42. The summed E-state index contributed by atoms with van der Waals surface area (Å²) in [5.41, 5.74) is 0. The number of alkyl halides is 4.